The van der Waals surface area contributed by atoms with Crippen LogP contribution in [0.2, 0.25) is 0 Å². The molecule has 1 unspecified atom stereocenters. The fourth-order valence-corrected chi connectivity index (χ4v) is 2.89. The van der Waals surface area contributed by atoms with Crippen LogP contribution in [0.4, 0.5) is 13.2 Å². The highest BCUT2D eigenvalue weighted by Gasteiger charge is 2.41. The van der Waals surface area contributed by atoms with E-state index < -0.39 is 11.7 Å². The molecule has 1 N–H and O–H groups in total. The third kappa shape index (κ3) is 4.47. The molecule has 0 radical (unpaired) electrons. The maximum absolute atomic E-state index is 12.8. The van der Waals surface area contributed by atoms with Gasteiger partial charge >= 0.3 is 6.18 Å². The van der Waals surface area contributed by atoms with Gasteiger partial charge < -0.3 is 5.32 Å². The van der Waals surface area contributed by atoms with Crippen molar-refractivity contribution in [3.05, 3.63) is 35.4 Å². The average Bonchev–Trinajstić information content (AvgIpc) is 3.20. The van der Waals surface area contributed by atoms with Crippen LogP contribution < -0.4 is 5.32 Å². The van der Waals surface area contributed by atoms with Crippen LogP contribution in [0, 0.1) is 11.3 Å². The zero-order valence-corrected chi connectivity index (χ0v) is 12.9. The van der Waals surface area contributed by atoms with Gasteiger partial charge in [-0.3, -0.25) is 0 Å². The van der Waals surface area contributed by atoms with Gasteiger partial charge in [0.15, 0.2) is 0 Å². The molecule has 4 heteroatoms. The van der Waals surface area contributed by atoms with E-state index in [4.69, 9.17) is 0 Å². The van der Waals surface area contributed by atoms with E-state index in [1.54, 1.807) is 0 Å². The third-order valence-electron chi connectivity index (χ3n) is 4.34. The van der Waals surface area contributed by atoms with Gasteiger partial charge in [0.2, 0.25) is 0 Å². The summed E-state index contributed by atoms with van der Waals surface area (Å²) in [6.45, 7) is 7.24. The Morgan fingerprint density at radius 3 is 2.43 bits per heavy atom. The Balaban J connectivity index is 2.13. The van der Waals surface area contributed by atoms with E-state index in [9.17, 15) is 13.2 Å². The molecule has 0 bridgehead atoms. The van der Waals surface area contributed by atoms with Gasteiger partial charge in [-0.25, -0.2) is 0 Å². The molecular formula is C17H24F3N. The van der Waals surface area contributed by atoms with Crippen LogP contribution in [0.1, 0.15) is 44.7 Å². The Kier molecular flexibility index (Phi) is 4.66. The quantitative estimate of drug-likeness (QED) is 0.805. The van der Waals surface area contributed by atoms with Crippen molar-refractivity contribution in [2.45, 2.75) is 52.3 Å². The van der Waals surface area contributed by atoms with Gasteiger partial charge in [-0.1, -0.05) is 39.0 Å². The highest BCUT2D eigenvalue weighted by Crippen LogP contribution is 2.47. The molecule has 0 spiro atoms. The van der Waals surface area contributed by atoms with Crippen molar-refractivity contribution < 1.29 is 13.2 Å². The number of nitrogens with one attached hydrogen (secondary N) is 1. The normalized spacial score (nSPS) is 18.8. The van der Waals surface area contributed by atoms with Crippen LogP contribution in [0.25, 0.3) is 0 Å². The van der Waals surface area contributed by atoms with E-state index in [0.717, 1.165) is 18.2 Å². The minimum atomic E-state index is -4.26. The summed E-state index contributed by atoms with van der Waals surface area (Å²) in [5.74, 6) is 0.623. The van der Waals surface area contributed by atoms with E-state index in [-0.39, 0.29) is 5.41 Å². The van der Waals surface area contributed by atoms with E-state index >= 15 is 0 Å². The van der Waals surface area contributed by atoms with Gasteiger partial charge in [-0.15, -0.1) is 0 Å². The van der Waals surface area contributed by atoms with Crippen LogP contribution >= 0.6 is 0 Å². The zero-order chi connectivity index (χ0) is 15.7. The summed E-state index contributed by atoms with van der Waals surface area (Å²) in [5, 5.41) is 3.45. The molecule has 1 aromatic rings. The molecule has 0 saturated heterocycles. The van der Waals surface area contributed by atoms with Crippen molar-refractivity contribution in [2.75, 3.05) is 6.54 Å². The lowest BCUT2D eigenvalue weighted by Gasteiger charge is -2.31. The summed E-state index contributed by atoms with van der Waals surface area (Å²) < 4.78 is 38.4. The van der Waals surface area contributed by atoms with Crippen LogP contribution in [0.5, 0.6) is 0 Å². The number of halogens is 3. The average molecular weight is 299 g/mol. The van der Waals surface area contributed by atoms with Gasteiger partial charge in [0.1, 0.15) is 0 Å². The summed E-state index contributed by atoms with van der Waals surface area (Å²) in [7, 11) is 0. The lowest BCUT2D eigenvalue weighted by atomic mass is 9.78. The topological polar surface area (TPSA) is 12.0 Å². The summed E-state index contributed by atoms with van der Waals surface area (Å²) in [6.07, 6.45) is -1.19. The lowest BCUT2D eigenvalue weighted by molar-refractivity contribution is -0.137. The van der Waals surface area contributed by atoms with Crippen LogP contribution in [-0.2, 0) is 12.6 Å². The monoisotopic (exact) mass is 299 g/mol. The van der Waals surface area contributed by atoms with E-state index in [0.29, 0.717) is 18.4 Å². The molecule has 0 aromatic heterocycles. The number of benzene rings is 1. The SMILES string of the molecule is CC(C)NCC(C)(Cc1cccc(C(F)(F)F)c1)C1CC1. The van der Waals surface area contributed by atoms with Gasteiger partial charge in [0, 0.05) is 12.6 Å². The highest BCUT2D eigenvalue weighted by molar-refractivity contribution is 5.27. The molecule has 0 aliphatic heterocycles. The largest absolute Gasteiger partial charge is 0.416 e. The Bertz CT molecular complexity index is 477. The van der Waals surface area contributed by atoms with E-state index in [2.05, 4.69) is 26.1 Å². The molecule has 0 heterocycles. The van der Waals surface area contributed by atoms with Crippen LogP contribution in [0.15, 0.2) is 24.3 Å². The molecule has 1 fully saturated rings. The summed E-state index contributed by atoms with van der Waals surface area (Å²) in [5.41, 5.74) is 0.272. The summed E-state index contributed by atoms with van der Waals surface area (Å²) >= 11 is 0. The van der Waals surface area contributed by atoms with Crippen molar-refractivity contribution in [1.82, 2.24) is 5.32 Å². The van der Waals surface area contributed by atoms with Gasteiger partial charge in [0.05, 0.1) is 5.56 Å². The molecular weight excluding hydrogens is 275 g/mol. The second kappa shape index (κ2) is 5.99. The smallest absolute Gasteiger partial charge is 0.314 e. The molecule has 2 rings (SSSR count). The van der Waals surface area contributed by atoms with Gasteiger partial charge in [0.25, 0.3) is 0 Å². The van der Waals surface area contributed by atoms with Crippen molar-refractivity contribution in [3.8, 4) is 0 Å². The number of hydrogen-bond acceptors (Lipinski definition) is 1. The first-order valence-electron chi connectivity index (χ1n) is 7.60. The molecule has 1 aliphatic carbocycles. The minimum Gasteiger partial charge on any atom is -0.314 e. The second-order valence-corrected chi connectivity index (χ2v) is 6.84. The van der Waals surface area contributed by atoms with Crippen molar-refractivity contribution >= 4 is 0 Å². The highest BCUT2D eigenvalue weighted by atomic mass is 19.4. The number of hydrogen-bond donors (Lipinski definition) is 1. The van der Waals surface area contributed by atoms with Crippen molar-refractivity contribution in [3.63, 3.8) is 0 Å². The lowest BCUT2D eigenvalue weighted by Crippen LogP contribution is -2.38. The van der Waals surface area contributed by atoms with E-state index in [1.165, 1.54) is 25.0 Å². The molecule has 21 heavy (non-hydrogen) atoms. The fraction of sp³-hybridized carbons (Fsp3) is 0.647. The van der Waals surface area contributed by atoms with Crippen molar-refractivity contribution in [2.24, 2.45) is 11.3 Å². The second-order valence-electron chi connectivity index (χ2n) is 6.84. The molecule has 118 valence electrons. The van der Waals surface area contributed by atoms with Crippen LogP contribution in [-0.4, -0.2) is 12.6 Å². The number of alkyl halides is 3. The first kappa shape index (κ1) is 16.3. The summed E-state index contributed by atoms with van der Waals surface area (Å²) in [6, 6.07) is 6.16. The molecule has 1 aromatic carbocycles. The maximum atomic E-state index is 12.8. The first-order valence-corrected chi connectivity index (χ1v) is 7.60. The predicted octanol–water partition coefficient (Wildman–Crippen LogP) is 4.66. The molecule has 1 saturated carbocycles. The van der Waals surface area contributed by atoms with Crippen LogP contribution in [0.3, 0.4) is 0 Å². The fourth-order valence-electron chi connectivity index (χ4n) is 2.89. The summed E-state index contributed by atoms with van der Waals surface area (Å²) in [4.78, 5) is 0. The maximum Gasteiger partial charge on any atom is 0.416 e. The minimum absolute atomic E-state index is 0.0362. The zero-order valence-electron chi connectivity index (χ0n) is 12.9. The first-order chi connectivity index (χ1) is 9.71. The third-order valence-corrected chi connectivity index (χ3v) is 4.34. The Morgan fingerprint density at radius 1 is 1.24 bits per heavy atom. The Morgan fingerprint density at radius 2 is 1.90 bits per heavy atom. The van der Waals surface area contributed by atoms with Gasteiger partial charge in [-0.05, 0) is 42.2 Å². The number of rotatable bonds is 6. The van der Waals surface area contributed by atoms with E-state index in [1.807, 2.05) is 6.07 Å². The molecule has 1 nitrogen and oxygen atoms in total. The molecule has 1 atom stereocenters. The Labute approximate surface area is 124 Å². The molecule has 1 aliphatic rings. The van der Waals surface area contributed by atoms with Crippen molar-refractivity contribution in [1.29, 1.82) is 0 Å². The molecule has 0 amide bonds. The Hall–Kier alpha value is -1.03. The van der Waals surface area contributed by atoms with Gasteiger partial charge in [-0.2, -0.15) is 13.2 Å². The standard InChI is InChI=1S/C17H24F3N/c1-12(2)21-11-16(3,14-7-8-14)10-13-5-4-6-15(9-13)17(18,19)20/h4-6,9,12,14,21H,7-8,10-11H2,1-3H3. The predicted molar refractivity (Wildman–Crippen MR) is 79.1 cm³/mol.